The number of nitrogens with zero attached hydrogens (tertiary/aromatic N) is 2. The number of aromatic nitrogens is 1. The number of hydrogen-bond acceptors (Lipinski definition) is 2. The van der Waals surface area contributed by atoms with Crippen LogP contribution < -0.4 is 9.64 Å². The number of anilines is 3. The highest BCUT2D eigenvalue weighted by molar-refractivity contribution is 6.12. The Morgan fingerprint density at radius 3 is 1.56 bits per heavy atom. The van der Waals surface area contributed by atoms with E-state index < -0.39 is 0 Å². The van der Waals surface area contributed by atoms with Gasteiger partial charge in [-0.05, 0) is 70.8 Å². The van der Waals surface area contributed by atoms with Gasteiger partial charge in [-0.1, -0.05) is 121 Å². The van der Waals surface area contributed by atoms with Gasteiger partial charge in [0.05, 0.1) is 16.7 Å². The lowest BCUT2D eigenvalue weighted by Gasteiger charge is -2.31. The van der Waals surface area contributed by atoms with Gasteiger partial charge in [0.15, 0.2) is 11.5 Å². The first-order valence-corrected chi connectivity index (χ1v) is 15.3. The molecule has 0 atom stereocenters. The third-order valence-corrected chi connectivity index (χ3v) is 8.79. The summed E-state index contributed by atoms with van der Waals surface area (Å²) in [5.41, 5.74) is 11.2. The standard InChI is InChI=1S/C42H28N2O/c1-3-11-29(12-4-1)31-21-25-33(26-22-31)43(34-27-23-32(24-28-34)30-13-5-2-6-14-30)38-18-10-20-40-42(38)44-37-17-8-7-15-35(37)36-16-9-19-39(45-40)41(36)44/h1-28H. The van der Waals surface area contributed by atoms with E-state index in [4.69, 9.17) is 4.74 Å². The third kappa shape index (κ3) is 4.13. The molecule has 2 heterocycles. The fourth-order valence-corrected chi connectivity index (χ4v) is 6.71. The lowest BCUT2D eigenvalue weighted by Crippen LogP contribution is -2.15. The van der Waals surface area contributed by atoms with E-state index in [2.05, 4.69) is 179 Å². The van der Waals surface area contributed by atoms with Crippen molar-refractivity contribution < 1.29 is 4.74 Å². The van der Waals surface area contributed by atoms with Crippen molar-refractivity contribution in [1.82, 2.24) is 4.57 Å². The van der Waals surface area contributed by atoms with Crippen LogP contribution in [-0.4, -0.2) is 4.57 Å². The van der Waals surface area contributed by atoms with Crippen molar-refractivity contribution in [3.05, 3.63) is 170 Å². The Labute approximate surface area is 261 Å². The highest BCUT2D eigenvalue weighted by Gasteiger charge is 2.28. The van der Waals surface area contributed by atoms with E-state index in [1.165, 1.54) is 33.0 Å². The number of hydrogen-bond donors (Lipinski definition) is 0. The van der Waals surface area contributed by atoms with Crippen LogP contribution in [0.5, 0.6) is 11.5 Å². The Balaban J connectivity index is 1.27. The molecule has 0 bridgehead atoms. The van der Waals surface area contributed by atoms with Crippen LogP contribution in [0.4, 0.5) is 17.1 Å². The second-order valence-corrected chi connectivity index (χ2v) is 11.4. The Morgan fingerprint density at radius 1 is 0.400 bits per heavy atom. The first kappa shape index (κ1) is 25.4. The molecular weight excluding hydrogens is 548 g/mol. The van der Waals surface area contributed by atoms with Crippen molar-refractivity contribution in [3.8, 4) is 39.4 Å². The van der Waals surface area contributed by atoms with E-state index in [1.807, 2.05) is 0 Å². The second kappa shape index (κ2) is 10.3. The minimum Gasteiger partial charge on any atom is -0.453 e. The van der Waals surface area contributed by atoms with E-state index in [-0.39, 0.29) is 0 Å². The number of benzene rings is 7. The van der Waals surface area contributed by atoms with Crippen molar-refractivity contribution in [2.24, 2.45) is 0 Å². The maximum absolute atomic E-state index is 6.65. The molecule has 0 aliphatic carbocycles. The van der Waals surface area contributed by atoms with Gasteiger partial charge in [-0.25, -0.2) is 0 Å². The minimum atomic E-state index is 0.834. The molecule has 0 radical (unpaired) electrons. The molecule has 1 aromatic heterocycles. The average Bonchev–Trinajstić information content (AvgIpc) is 3.45. The zero-order chi connectivity index (χ0) is 29.7. The van der Waals surface area contributed by atoms with Crippen molar-refractivity contribution >= 4 is 38.9 Å². The van der Waals surface area contributed by atoms with Crippen LogP contribution in [0.15, 0.2) is 170 Å². The number of fused-ring (bicyclic) bond motifs is 5. The Kier molecular flexibility index (Phi) is 5.82. The quantitative estimate of drug-likeness (QED) is 0.203. The Bertz CT molecular complexity index is 2240. The molecule has 3 heteroatoms. The normalized spacial score (nSPS) is 11.7. The van der Waals surface area contributed by atoms with E-state index in [0.29, 0.717) is 0 Å². The molecule has 0 unspecified atom stereocenters. The van der Waals surface area contributed by atoms with Crippen LogP contribution in [0, 0.1) is 0 Å². The molecule has 7 aromatic carbocycles. The minimum absolute atomic E-state index is 0.834. The van der Waals surface area contributed by atoms with Gasteiger partial charge in [-0.15, -0.1) is 0 Å². The van der Waals surface area contributed by atoms with Gasteiger partial charge in [-0.3, -0.25) is 0 Å². The monoisotopic (exact) mass is 576 g/mol. The molecule has 8 aromatic rings. The van der Waals surface area contributed by atoms with Gasteiger partial charge in [0.2, 0.25) is 0 Å². The zero-order valence-corrected chi connectivity index (χ0v) is 24.5. The van der Waals surface area contributed by atoms with Gasteiger partial charge in [-0.2, -0.15) is 0 Å². The SMILES string of the molecule is c1ccc(-c2ccc(N(c3ccc(-c4ccccc4)cc3)c3cccc4c3-n3c5ccccc5c5cccc(c53)O4)cc2)cc1. The number of para-hydroxylation sites is 3. The van der Waals surface area contributed by atoms with Crippen LogP contribution in [0.2, 0.25) is 0 Å². The lowest BCUT2D eigenvalue weighted by atomic mass is 10.0. The molecule has 0 N–H and O–H groups in total. The molecule has 1 aliphatic heterocycles. The fourth-order valence-electron chi connectivity index (χ4n) is 6.71. The summed E-state index contributed by atoms with van der Waals surface area (Å²) in [5, 5.41) is 2.40. The van der Waals surface area contributed by atoms with Gasteiger partial charge in [0.1, 0.15) is 5.69 Å². The smallest absolute Gasteiger partial charge is 0.153 e. The first-order chi connectivity index (χ1) is 22.3. The van der Waals surface area contributed by atoms with Crippen LogP contribution in [0.3, 0.4) is 0 Å². The van der Waals surface area contributed by atoms with Crippen molar-refractivity contribution in [3.63, 3.8) is 0 Å². The summed E-state index contributed by atoms with van der Waals surface area (Å²) in [6.45, 7) is 0. The van der Waals surface area contributed by atoms with Crippen LogP contribution in [-0.2, 0) is 0 Å². The van der Waals surface area contributed by atoms with E-state index >= 15 is 0 Å². The third-order valence-electron chi connectivity index (χ3n) is 8.79. The fraction of sp³-hybridized carbons (Fsp3) is 0. The van der Waals surface area contributed by atoms with Crippen LogP contribution >= 0.6 is 0 Å². The maximum Gasteiger partial charge on any atom is 0.153 e. The predicted molar refractivity (Wildman–Crippen MR) is 186 cm³/mol. The average molecular weight is 577 g/mol. The van der Waals surface area contributed by atoms with E-state index in [9.17, 15) is 0 Å². The summed E-state index contributed by atoms with van der Waals surface area (Å²) >= 11 is 0. The highest BCUT2D eigenvalue weighted by Crippen LogP contribution is 2.50. The van der Waals surface area contributed by atoms with Crippen molar-refractivity contribution in [2.75, 3.05) is 4.90 Å². The molecule has 45 heavy (non-hydrogen) atoms. The largest absolute Gasteiger partial charge is 0.453 e. The zero-order valence-electron chi connectivity index (χ0n) is 24.5. The molecule has 0 spiro atoms. The molecule has 0 saturated heterocycles. The number of ether oxygens (including phenoxy) is 1. The van der Waals surface area contributed by atoms with Crippen molar-refractivity contribution in [2.45, 2.75) is 0 Å². The van der Waals surface area contributed by atoms with Gasteiger partial charge >= 0.3 is 0 Å². The van der Waals surface area contributed by atoms with Crippen LogP contribution in [0.25, 0.3) is 49.7 Å². The molecule has 1 aliphatic rings. The van der Waals surface area contributed by atoms with E-state index in [1.54, 1.807) is 0 Å². The Morgan fingerprint density at radius 2 is 0.911 bits per heavy atom. The molecule has 0 amide bonds. The summed E-state index contributed by atoms with van der Waals surface area (Å²) in [5.74, 6) is 1.71. The van der Waals surface area contributed by atoms with Crippen LogP contribution in [0.1, 0.15) is 0 Å². The maximum atomic E-state index is 6.65. The molecule has 212 valence electrons. The summed E-state index contributed by atoms with van der Waals surface area (Å²) in [4.78, 5) is 2.35. The first-order valence-electron chi connectivity index (χ1n) is 15.3. The van der Waals surface area contributed by atoms with Gasteiger partial charge in [0, 0.05) is 22.1 Å². The summed E-state index contributed by atoms with van der Waals surface area (Å²) in [6, 6.07) is 60.1. The second-order valence-electron chi connectivity index (χ2n) is 11.4. The summed E-state index contributed by atoms with van der Waals surface area (Å²) in [6.07, 6.45) is 0. The summed E-state index contributed by atoms with van der Waals surface area (Å²) < 4.78 is 9.03. The molecular formula is C42H28N2O. The Hall–Kier alpha value is -6.06. The molecule has 3 nitrogen and oxygen atoms in total. The summed E-state index contributed by atoms with van der Waals surface area (Å²) in [7, 11) is 0. The topological polar surface area (TPSA) is 17.4 Å². The molecule has 0 saturated carbocycles. The molecule has 9 rings (SSSR count). The van der Waals surface area contributed by atoms with Crippen molar-refractivity contribution in [1.29, 1.82) is 0 Å². The highest BCUT2D eigenvalue weighted by atomic mass is 16.5. The van der Waals surface area contributed by atoms with Gasteiger partial charge < -0.3 is 14.2 Å². The van der Waals surface area contributed by atoms with Gasteiger partial charge in [0.25, 0.3) is 0 Å². The number of rotatable bonds is 5. The lowest BCUT2D eigenvalue weighted by molar-refractivity contribution is 0.476. The van der Waals surface area contributed by atoms with E-state index in [0.717, 1.165) is 45.3 Å². The molecule has 0 fully saturated rings. The predicted octanol–water partition coefficient (Wildman–Crippen LogP) is 11.7.